The maximum atomic E-state index is 12.8. The number of benzene rings is 1. The van der Waals surface area contributed by atoms with Crippen LogP contribution in [-0.2, 0) is 16.0 Å². The fourth-order valence-corrected chi connectivity index (χ4v) is 3.94. The van der Waals surface area contributed by atoms with Gasteiger partial charge in [0.05, 0.1) is 44.6 Å². The number of fused-ring (bicyclic) bond motifs is 2. The summed E-state index contributed by atoms with van der Waals surface area (Å²) in [6.45, 7) is 3.72. The van der Waals surface area contributed by atoms with Crippen molar-refractivity contribution in [3.05, 3.63) is 65.8 Å². The van der Waals surface area contributed by atoms with Crippen LogP contribution in [0.15, 0.2) is 60.2 Å². The molecule has 0 unspecified atom stereocenters. The van der Waals surface area contributed by atoms with Crippen LogP contribution >= 0.6 is 0 Å². The zero-order chi connectivity index (χ0) is 25.8. The highest BCUT2D eigenvalue weighted by Crippen LogP contribution is 2.35. The predicted octanol–water partition coefficient (Wildman–Crippen LogP) is 4.36. The van der Waals surface area contributed by atoms with Crippen LogP contribution in [0.25, 0.3) is 0 Å². The second-order valence-corrected chi connectivity index (χ2v) is 8.69. The van der Waals surface area contributed by atoms with Gasteiger partial charge in [0, 0.05) is 24.7 Å². The van der Waals surface area contributed by atoms with E-state index in [-0.39, 0.29) is 18.2 Å². The molecule has 1 amide bonds. The highest BCUT2D eigenvalue weighted by Gasteiger charge is 2.23. The lowest BCUT2D eigenvalue weighted by Gasteiger charge is -2.24. The topological polar surface area (TPSA) is 97.3 Å². The van der Waals surface area contributed by atoms with E-state index < -0.39 is 18.3 Å². The number of carbonyl (C=O) groups excluding carboxylic acids is 1. The fraction of sp³-hybridized carbons (Fsp3) is 0.464. The van der Waals surface area contributed by atoms with Gasteiger partial charge in [-0.2, -0.15) is 0 Å². The number of rotatable bonds is 3. The van der Waals surface area contributed by atoms with E-state index in [1.165, 1.54) is 0 Å². The highest BCUT2D eigenvalue weighted by atomic mass is 16.5. The summed E-state index contributed by atoms with van der Waals surface area (Å²) in [6.07, 6.45) is 13.0. The summed E-state index contributed by atoms with van der Waals surface area (Å²) in [5, 5.41) is 24.2. The summed E-state index contributed by atoms with van der Waals surface area (Å²) in [5.74, 6) is 0.645. The molecule has 0 aliphatic carbocycles. The molecule has 35 heavy (non-hydrogen) atoms. The number of amides is 1. The second kappa shape index (κ2) is 14.5. The van der Waals surface area contributed by atoms with Crippen molar-refractivity contribution in [2.45, 2.75) is 57.8 Å². The molecule has 1 aromatic rings. The standard InChI is InChI=1S/C28H39NO6/c1-19-12-11-13-21-16-23(34-4)17-24(28(21)35-5)29-26(31)18-22(33-3)14-9-7-6-8-10-15-25(30)20(2)27(19)32/h6-10,12,14,16-17,20,22,25,27,30,32H,11,13,15,18H2,1-5H3,(H,29,31)/b7-6+,10-8+,14-9+,19-12-/t20-,22-,25-,27-/m0/s1. The maximum absolute atomic E-state index is 12.8. The van der Waals surface area contributed by atoms with E-state index in [0.29, 0.717) is 36.4 Å². The molecular weight excluding hydrogens is 446 g/mol. The predicted molar refractivity (Wildman–Crippen MR) is 139 cm³/mol. The number of ether oxygens (including phenoxy) is 3. The van der Waals surface area contributed by atoms with Crippen LogP contribution < -0.4 is 14.8 Å². The lowest BCUT2D eigenvalue weighted by molar-refractivity contribution is -0.117. The number of carbonyl (C=O) groups is 1. The van der Waals surface area contributed by atoms with Gasteiger partial charge in [0.1, 0.15) is 11.5 Å². The van der Waals surface area contributed by atoms with Gasteiger partial charge in [-0.3, -0.25) is 4.79 Å². The Morgan fingerprint density at radius 1 is 1.03 bits per heavy atom. The van der Waals surface area contributed by atoms with Gasteiger partial charge in [-0.05, 0) is 37.8 Å². The summed E-state index contributed by atoms with van der Waals surface area (Å²) < 4.78 is 16.5. The largest absolute Gasteiger partial charge is 0.497 e. The first-order chi connectivity index (χ1) is 16.8. The number of methoxy groups -OCH3 is 3. The Bertz CT molecular complexity index is 949. The van der Waals surface area contributed by atoms with Gasteiger partial charge < -0.3 is 29.7 Å². The Hall–Kier alpha value is -2.87. The zero-order valence-corrected chi connectivity index (χ0v) is 21.4. The lowest BCUT2D eigenvalue weighted by atomic mass is 9.90. The number of aliphatic hydroxyl groups is 2. The van der Waals surface area contributed by atoms with Crippen LogP contribution in [0.5, 0.6) is 11.5 Å². The van der Waals surface area contributed by atoms with E-state index in [1.807, 2.05) is 62.4 Å². The Kier molecular flexibility index (Phi) is 11.8. The van der Waals surface area contributed by atoms with Crippen molar-refractivity contribution in [2.75, 3.05) is 26.6 Å². The summed E-state index contributed by atoms with van der Waals surface area (Å²) in [6, 6.07) is 3.62. The number of anilines is 1. The van der Waals surface area contributed by atoms with Gasteiger partial charge in [0.25, 0.3) is 0 Å². The number of aryl methyl sites for hydroxylation is 1. The number of aliphatic hydroxyl groups excluding tert-OH is 2. The van der Waals surface area contributed by atoms with E-state index in [4.69, 9.17) is 14.2 Å². The van der Waals surface area contributed by atoms with Gasteiger partial charge in [0.2, 0.25) is 5.91 Å². The summed E-state index contributed by atoms with van der Waals surface area (Å²) in [5.41, 5.74) is 2.20. The molecule has 1 aromatic carbocycles. The second-order valence-electron chi connectivity index (χ2n) is 8.69. The van der Waals surface area contributed by atoms with E-state index in [1.54, 1.807) is 27.4 Å². The zero-order valence-electron chi connectivity index (χ0n) is 21.4. The number of hydrogen-bond donors (Lipinski definition) is 3. The molecule has 0 aromatic heterocycles. The Labute approximate surface area is 208 Å². The third-order valence-corrected chi connectivity index (χ3v) is 6.17. The Morgan fingerprint density at radius 2 is 1.77 bits per heavy atom. The van der Waals surface area contributed by atoms with E-state index in [0.717, 1.165) is 11.1 Å². The molecule has 0 radical (unpaired) electrons. The molecule has 192 valence electrons. The van der Waals surface area contributed by atoms with Crippen LogP contribution in [0.1, 0.15) is 38.7 Å². The van der Waals surface area contributed by atoms with E-state index in [9.17, 15) is 15.0 Å². The van der Waals surface area contributed by atoms with Crippen molar-refractivity contribution in [1.82, 2.24) is 0 Å². The summed E-state index contributed by atoms with van der Waals surface area (Å²) in [7, 11) is 4.70. The molecule has 3 N–H and O–H groups in total. The summed E-state index contributed by atoms with van der Waals surface area (Å²) in [4.78, 5) is 12.8. The van der Waals surface area contributed by atoms with Crippen molar-refractivity contribution >= 4 is 11.6 Å². The average molecular weight is 486 g/mol. The average Bonchev–Trinajstić information content (AvgIpc) is 2.85. The molecule has 0 fully saturated rings. The molecule has 2 rings (SSSR count). The minimum Gasteiger partial charge on any atom is -0.497 e. The van der Waals surface area contributed by atoms with E-state index in [2.05, 4.69) is 5.32 Å². The van der Waals surface area contributed by atoms with Gasteiger partial charge in [-0.1, -0.05) is 49.5 Å². The van der Waals surface area contributed by atoms with Crippen molar-refractivity contribution in [3.8, 4) is 11.5 Å². The van der Waals surface area contributed by atoms with Gasteiger partial charge in [0.15, 0.2) is 0 Å². The lowest BCUT2D eigenvalue weighted by Crippen LogP contribution is -2.30. The first-order valence-corrected chi connectivity index (χ1v) is 11.9. The molecule has 7 nitrogen and oxygen atoms in total. The van der Waals surface area contributed by atoms with Crippen molar-refractivity contribution in [3.63, 3.8) is 0 Å². The minimum absolute atomic E-state index is 0.135. The molecule has 1 heterocycles. The maximum Gasteiger partial charge on any atom is 0.227 e. The first kappa shape index (κ1) is 28.4. The molecule has 0 saturated carbocycles. The quantitative estimate of drug-likeness (QED) is 0.551. The third kappa shape index (κ3) is 8.69. The number of hydrogen-bond acceptors (Lipinski definition) is 6. The van der Waals surface area contributed by atoms with E-state index >= 15 is 0 Å². The van der Waals surface area contributed by atoms with Gasteiger partial charge in [-0.15, -0.1) is 0 Å². The van der Waals surface area contributed by atoms with Crippen molar-refractivity contribution in [1.29, 1.82) is 0 Å². The molecule has 0 saturated heterocycles. The molecule has 0 spiro atoms. The molecule has 1 aliphatic heterocycles. The SMILES string of the molecule is COc1cc2c(OC)c(c1)NC(=O)C[C@@H](OC)/C=C/C=C/C=C/C[C@H](O)[C@H](C)[C@@H](O)/C(C)=C\CC2. The number of nitrogens with one attached hydrogen (secondary N) is 1. The smallest absolute Gasteiger partial charge is 0.227 e. The molecule has 2 bridgehead atoms. The van der Waals surface area contributed by atoms with Crippen LogP contribution in [0, 0.1) is 5.92 Å². The fourth-order valence-electron chi connectivity index (χ4n) is 3.94. The highest BCUT2D eigenvalue weighted by molar-refractivity contribution is 5.93. The van der Waals surface area contributed by atoms with Gasteiger partial charge in [-0.25, -0.2) is 0 Å². The molecule has 4 atom stereocenters. The van der Waals surface area contributed by atoms with Crippen LogP contribution in [0.4, 0.5) is 5.69 Å². The molecule has 1 aliphatic rings. The molecule has 7 heteroatoms. The summed E-state index contributed by atoms with van der Waals surface area (Å²) >= 11 is 0. The van der Waals surface area contributed by atoms with Crippen LogP contribution in [0.3, 0.4) is 0 Å². The number of allylic oxidation sites excluding steroid dienone is 5. The van der Waals surface area contributed by atoms with Crippen molar-refractivity contribution < 1.29 is 29.2 Å². The minimum atomic E-state index is -0.751. The Balaban J connectivity index is 2.40. The van der Waals surface area contributed by atoms with Gasteiger partial charge >= 0.3 is 0 Å². The van der Waals surface area contributed by atoms with Crippen molar-refractivity contribution in [2.24, 2.45) is 5.92 Å². The first-order valence-electron chi connectivity index (χ1n) is 11.9. The normalized spacial score (nSPS) is 29.0. The van der Waals surface area contributed by atoms with Crippen LogP contribution in [-0.4, -0.2) is 55.8 Å². The Morgan fingerprint density at radius 3 is 2.46 bits per heavy atom. The molecular formula is C28H39NO6. The monoisotopic (exact) mass is 485 g/mol. The van der Waals surface area contributed by atoms with Crippen LogP contribution in [0.2, 0.25) is 0 Å². The third-order valence-electron chi connectivity index (χ3n) is 6.17.